The molecule has 2 nitrogen and oxygen atoms in total. The molecule has 2 heteroatoms. The van der Waals surface area contributed by atoms with Gasteiger partial charge < -0.3 is 9.47 Å². The van der Waals surface area contributed by atoms with Crippen LogP contribution < -0.4 is 0 Å². The number of hydrogen-bond acceptors (Lipinski definition) is 2. The van der Waals surface area contributed by atoms with Gasteiger partial charge in [-0.15, -0.1) is 0 Å². The van der Waals surface area contributed by atoms with Gasteiger partial charge in [-0.1, -0.05) is 48.0 Å². The molecule has 3 rings (SSSR count). The van der Waals surface area contributed by atoms with Crippen molar-refractivity contribution in [3.63, 3.8) is 0 Å². The molecule has 20 heavy (non-hydrogen) atoms. The van der Waals surface area contributed by atoms with Gasteiger partial charge in [-0.3, -0.25) is 0 Å². The normalized spacial score (nSPS) is 42.0. The number of fused-ring (bicyclic) bond motifs is 3. The number of rotatable bonds is 4. The van der Waals surface area contributed by atoms with Gasteiger partial charge in [-0.25, -0.2) is 0 Å². The summed E-state index contributed by atoms with van der Waals surface area (Å²) >= 11 is 0. The van der Waals surface area contributed by atoms with E-state index in [2.05, 4.69) is 55.4 Å². The summed E-state index contributed by atoms with van der Waals surface area (Å²) in [5, 5.41) is 0. The fraction of sp³-hybridized carbons (Fsp3) is 1.00. The summed E-state index contributed by atoms with van der Waals surface area (Å²) in [6, 6.07) is 0. The SMILES string of the molecule is CCC(C)(C)C12CCC(C(C)(C)CC)(C(C)O1)C(C)O2. The van der Waals surface area contributed by atoms with Gasteiger partial charge in [-0.2, -0.15) is 0 Å². The van der Waals surface area contributed by atoms with E-state index in [4.69, 9.17) is 9.47 Å². The third kappa shape index (κ3) is 1.83. The maximum atomic E-state index is 6.57. The Hall–Kier alpha value is -0.0800. The van der Waals surface area contributed by atoms with Crippen molar-refractivity contribution in [3.05, 3.63) is 0 Å². The van der Waals surface area contributed by atoms with Crippen molar-refractivity contribution in [1.82, 2.24) is 0 Å². The zero-order valence-corrected chi connectivity index (χ0v) is 14.8. The zero-order valence-electron chi connectivity index (χ0n) is 14.8. The largest absolute Gasteiger partial charge is 0.346 e. The van der Waals surface area contributed by atoms with Crippen LogP contribution >= 0.6 is 0 Å². The second-order valence-corrected chi connectivity index (χ2v) is 8.29. The fourth-order valence-corrected chi connectivity index (χ4v) is 4.73. The van der Waals surface area contributed by atoms with Gasteiger partial charge in [-0.05, 0) is 32.1 Å². The summed E-state index contributed by atoms with van der Waals surface area (Å²) in [5.41, 5.74) is 0.459. The van der Waals surface area contributed by atoms with Crippen molar-refractivity contribution in [3.8, 4) is 0 Å². The highest BCUT2D eigenvalue weighted by molar-refractivity contribution is 5.10. The third-order valence-electron chi connectivity index (χ3n) is 7.11. The molecule has 2 atom stereocenters. The molecule has 118 valence electrons. The van der Waals surface area contributed by atoms with Gasteiger partial charge in [0.25, 0.3) is 0 Å². The van der Waals surface area contributed by atoms with Crippen LogP contribution in [0.15, 0.2) is 0 Å². The standard InChI is InChI=1S/C18H34O2/c1-9-15(5,6)17-11-12-18(19-13(17)3,20-14(17)4)16(7,8)10-2/h13-14H,9-12H2,1-8H3. The summed E-state index contributed by atoms with van der Waals surface area (Å²) in [6.07, 6.45) is 5.03. The van der Waals surface area contributed by atoms with E-state index >= 15 is 0 Å². The van der Waals surface area contributed by atoms with E-state index in [0.29, 0.717) is 0 Å². The highest BCUT2D eigenvalue weighted by atomic mass is 16.7. The van der Waals surface area contributed by atoms with E-state index in [1.807, 2.05) is 0 Å². The minimum Gasteiger partial charge on any atom is -0.346 e. The molecule has 0 N–H and O–H groups in total. The Balaban J connectivity index is 2.41. The molecule has 3 aliphatic rings. The van der Waals surface area contributed by atoms with E-state index in [1.54, 1.807) is 0 Å². The molecule has 3 saturated heterocycles. The van der Waals surface area contributed by atoms with E-state index in [0.717, 1.165) is 12.8 Å². The van der Waals surface area contributed by atoms with Crippen LogP contribution in [0.5, 0.6) is 0 Å². The predicted molar refractivity (Wildman–Crippen MR) is 83.6 cm³/mol. The first kappa shape index (κ1) is 16.3. The second kappa shape index (κ2) is 4.71. The first-order valence-corrected chi connectivity index (χ1v) is 8.44. The zero-order chi connectivity index (χ0) is 15.4. The highest BCUT2D eigenvalue weighted by Crippen LogP contribution is 2.64. The van der Waals surface area contributed by atoms with E-state index in [1.165, 1.54) is 12.8 Å². The minimum atomic E-state index is -0.383. The molecule has 0 aromatic heterocycles. The molecule has 0 saturated carbocycles. The van der Waals surface area contributed by atoms with Gasteiger partial charge in [0.15, 0.2) is 5.79 Å². The van der Waals surface area contributed by atoms with Crippen molar-refractivity contribution < 1.29 is 9.47 Å². The number of hydrogen-bond donors (Lipinski definition) is 0. The molecular formula is C18H34O2. The Morgan fingerprint density at radius 1 is 0.850 bits per heavy atom. The number of ether oxygens (including phenoxy) is 2. The highest BCUT2D eigenvalue weighted by Gasteiger charge is 2.66. The molecule has 2 bridgehead atoms. The van der Waals surface area contributed by atoms with Crippen LogP contribution in [-0.2, 0) is 9.47 Å². The molecular weight excluding hydrogens is 248 g/mol. The third-order valence-corrected chi connectivity index (χ3v) is 7.11. The summed E-state index contributed by atoms with van der Waals surface area (Å²) in [5.74, 6) is -0.383. The topological polar surface area (TPSA) is 18.5 Å². The lowest BCUT2D eigenvalue weighted by atomic mass is 9.52. The minimum absolute atomic E-state index is 0.0679. The Labute approximate surface area is 125 Å². The smallest absolute Gasteiger partial charge is 0.174 e. The van der Waals surface area contributed by atoms with Crippen molar-refractivity contribution in [1.29, 1.82) is 0 Å². The van der Waals surface area contributed by atoms with Crippen LogP contribution in [0.2, 0.25) is 0 Å². The molecule has 2 unspecified atom stereocenters. The van der Waals surface area contributed by atoms with Crippen LogP contribution in [0.1, 0.15) is 81.1 Å². The molecule has 0 aromatic carbocycles. The summed E-state index contributed by atoms with van der Waals surface area (Å²) in [7, 11) is 0. The lowest BCUT2D eigenvalue weighted by Gasteiger charge is -2.67. The van der Waals surface area contributed by atoms with E-state index < -0.39 is 0 Å². The predicted octanol–water partition coefficient (Wildman–Crippen LogP) is 5.16. The first-order chi connectivity index (χ1) is 9.08. The summed E-state index contributed by atoms with van der Waals surface area (Å²) in [4.78, 5) is 0. The quantitative estimate of drug-likeness (QED) is 0.709. The van der Waals surface area contributed by atoms with E-state index in [9.17, 15) is 0 Å². The maximum Gasteiger partial charge on any atom is 0.174 e. The lowest BCUT2D eigenvalue weighted by molar-refractivity contribution is -0.439. The maximum absolute atomic E-state index is 6.57. The molecule has 0 aliphatic carbocycles. The monoisotopic (exact) mass is 282 g/mol. The first-order valence-electron chi connectivity index (χ1n) is 8.44. The van der Waals surface area contributed by atoms with Crippen LogP contribution in [0, 0.1) is 16.2 Å². The molecule has 3 fully saturated rings. The van der Waals surface area contributed by atoms with Crippen molar-refractivity contribution in [2.75, 3.05) is 0 Å². The second-order valence-electron chi connectivity index (χ2n) is 8.29. The van der Waals surface area contributed by atoms with Gasteiger partial charge >= 0.3 is 0 Å². The molecule has 0 amide bonds. The Morgan fingerprint density at radius 3 is 1.65 bits per heavy atom. The van der Waals surface area contributed by atoms with Gasteiger partial charge in [0.1, 0.15) is 0 Å². The lowest BCUT2D eigenvalue weighted by Crippen LogP contribution is -2.71. The molecule has 0 radical (unpaired) electrons. The van der Waals surface area contributed by atoms with Crippen LogP contribution in [-0.4, -0.2) is 18.0 Å². The van der Waals surface area contributed by atoms with Crippen LogP contribution in [0.4, 0.5) is 0 Å². The van der Waals surface area contributed by atoms with Crippen LogP contribution in [0.25, 0.3) is 0 Å². The van der Waals surface area contributed by atoms with E-state index in [-0.39, 0.29) is 34.2 Å². The Bertz CT molecular complexity index is 358. The van der Waals surface area contributed by atoms with Gasteiger partial charge in [0.2, 0.25) is 0 Å². The summed E-state index contributed by atoms with van der Waals surface area (Å²) in [6.45, 7) is 18.4. The van der Waals surface area contributed by atoms with Crippen molar-refractivity contribution in [2.45, 2.75) is 99.1 Å². The molecule has 0 aromatic rings. The van der Waals surface area contributed by atoms with Crippen molar-refractivity contribution >= 4 is 0 Å². The fourth-order valence-electron chi connectivity index (χ4n) is 4.73. The summed E-state index contributed by atoms with van der Waals surface area (Å²) < 4.78 is 13.1. The Kier molecular flexibility index (Phi) is 3.84. The molecule has 3 heterocycles. The average Bonchev–Trinajstić information content (AvgIpc) is 2.38. The molecule has 3 aliphatic heterocycles. The van der Waals surface area contributed by atoms with Crippen LogP contribution in [0.3, 0.4) is 0 Å². The van der Waals surface area contributed by atoms with Gasteiger partial charge in [0.05, 0.1) is 12.2 Å². The average molecular weight is 282 g/mol. The van der Waals surface area contributed by atoms with Crippen molar-refractivity contribution in [2.24, 2.45) is 16.2 Å². The molecule has 0 spiro atoms. The van der Waals surface area contributed by atoms with Gasteiger partial charge in [0, 0.05) is 17.3 Å². The Morgan fingerprint density at radius 2 is 1.30 bits per heavy atom.